The van der Waals surface area contributed by atoms with E-state index >= 15 is 0 Å². The Bertz CT molecular complexity index is 521. The maximum atomic E-state index is 5.82. The molecule has 1 aromatic carbocycles. The topological polar surface area (TPSA) is 12.5 Å². The molecule has 1 spiro atoms. The molecule has 2 saturated heterocycles. The normalized spacial score (nSPS) is 46.5. The van der Waals surface area contributed by atoms with Crippen LogP contribution < -0.4 is 0 Å². The molecule has 5 rings (SSSR count). The maximum Gasteiger partial charge on any atom is 0.111 e. The van der Waals surface area contributed by atoms with Crippen LogP contribution in [0.15, 0.2) is 24.3 Å². The van der Waals surface area contributed by atoms with E-state index in [4.69, 9.17) is 4.74 Å². The van der Waals surface area contributed by atoms with Gasteiger partial charge in [0, 0.05) is 0 Å². The number of rotatable bonds is 0. The van der Waals surface area contributed by atoms with Crippen LogP contribution in [-0.4, -0.2) is 11.4 Å². The molecule has 0 N–H and O–H groups in total. The van der Waals surface area contributed by atoms with Crippen LogP contribution in [0.5, 0.6) is 0 Å². The number of benzene rings is 1. The molecule has 0 aromatic heterocycles. The second-order valence-corrected chi connectivity index (χ2v) is 6.34. The summed E-state index contributed by atoms with van der Waals surface area (Å²) in [6.45, 7) is 0. The van der Waals surface area contributed by atoms with Crippen LogP contribution in [0, 0.1) is 0 Å². The molecule has 0 radical (unpaired) electrons. The van der Waals surface area contributed by atoms with Gasteiger partial charge in [-0.05, 0) is 23.1 Å². The first kappa shape index (κ1) is 7.53. The van der Waals surface area contributed by atoms with Gasteiger partial charge in [-0.15, -0.1) is 11.8 Å². The molecule has 4 aliphatic rings. The fourth-order valence-corrected chi connectivity index (χ4v) is 5.03. The summed E-state index contributed by atoms with van der Waals surface area (Å²) in [5.74, 6) is 0. The lowest BCUT2D eigenvalue weighted by Gasteiger charge is -2.25. The standard InChI is InChI=1S/C13H10OS/c1-3-7-4-2-6-13-9(7)8(5-1)10-11(14-10)12(13)15-13/h1-5,10-12H,6H2. The van der Waals surface area contributed by atoms with Crippen molar-refractivity contribution in [1.82, 2.24) is 0 Å². The average molecular weight is 214 g/mol. The summed E-state index contributed by atoms with van der Waals surface area (Å²) in [6, 6.07) is 6.68. The molecule has 2 aliphatic heterocycles. The van der Waals surface area contributed by atoms with Crippen molar-refractivity contribution in [2.45, 2.75) is 28.6 Å². The third kappa shape index (κ3) is 0.694. The number of thioether (sulfide) groups is 1. The molecule has 0 bridgehead atoms. The predicted octanol–water partition coefficient (Wildman–Crippen LogP) is 2.87. The van der Waals surface area contributed by atoms with Crippen LogP contribution >= 0.6 is 11.8 Å². The zero-order chi connectivity index (χ0) is 9.62. The molecular formula is C13H10OS. The van der Waals surface area contributed by atoms with Crippen LogP contribution in [0.25, 0.3) is 6.08 Å². The van der Waals surface area contributed by atoms with Crippen molar-refractivity contribution in [3.05, 3.63) is 41.0 Å². The Labute approximate surface area is 92.5 Å². The first-order chi connectivity index (χ1) is 7.40. The number of fused-ring (bicyclic) bond motifs is 3. The summed E-state index contributed by atoms with van der Waals surface area (Å²) >= 11 is 2.13. The van der Waals surface area contributed by atoms with Gasteiger partial charge in [-0.3, -0.25) is 0 Å². The molecule has 2 heteroatoms. The van der Waals surface area contributed by atoms with E-state index in [1.165, 1.54) is 17.5 Å². The first-order valence-electron chi connectivity index (χ1n) is 5.53. The highest BCUT2D eigenvalue weighted by Crippen LogP contribution is 2.75. The van der Waals surface area contributed by atoms with Gasteiger partial charge in [0.15, 0.2) is 0 Å². The van der Waals surface area contributed by atoms with Crippen molar-refractivity contribution >= 4 is 17.8 Å². The van der Waals surface area contributed by atoms with Gasteiger partial charge in [0.1, 0.15) is 12.2 Å². The molecule has 15 heavy (non-hydrogen) atoms. The van der Waals surface area contributed by atoms with E-state index in [0.717, 1.165) is 5.25 Å². The number of hydrogen-bond donors (Lipinski definition) is 0. The van der Waals surface area contributed by atoms with E-state index < -0.39 is 0 Å². The lowest BCUT2D eigenvalue weighted by molar-refractivity contribution is 0.375. The van der Waals surface area contributed by atoms with Crippen LogP contribution in [0.4, 0.5) is 0 Å². The Balaban J connectivity index is 1.92. The Morgan fingerprint density at radius 2 is 2.40 bits per heavy atom. The average Bonchev–Trinajstić information content (AvgIpc) is 3.09. The van der Waals surface area contributed by atoms with Crippen LogP contribution in [0.2, 0.25) is 0 Å². The van der Waals surface area contributed by atoms with Gasteiger partial charge in [0.05, 0.1) is 10.00 Å². The second-order valence-electron chi connectivity index (χ2n) is 4.87. The Kier molecular flexibility index (Phi) is 1.03. The fraction of sp³-hybridized carbons (Fsp3) is 0.385. The van der Waals surface area contributed by atoms with E-state index in [1.54, 1.807) is 5.56 Å². The van der Waals surface area contributed by atoms with E-state index in [9.17, 15) is 0 Å². The zero-order valence-corrected chi connectivity index (χ0v) is 8.96. The molecule has 1 nitrogen and oxygen atoms in total. The fourth-order valence-electron chi connectivity index (χ4n) is 3.41. The summed E-state index contributed by atoms with van der Waals surface area (Å²) < 4.78 is 6.23. The van der Waals surface area contributed by atoms with E-state index in [-0.39, 0.29) is 0 Å². The van der Waals surface area contributed by atoms with Crippen molar-refractivity contribution in [2.75, 3.05) is 0 Å². The van der Waals surface area contributed by atoms with Crippen molar-refractivity contribution in [1.29, 1.82) is 0 Å². The van der Waals surface area contributed by atoms with Crippen molar-refractivity contribution in [2.24, 2.45) is 0 Å². The van der Waals surface area contributed by atoms with Gasteiger partial charge < -0.3 is 4.74 Å². The molecular weight excluding hydrogens is 204 g/mol. The highest BCUT2D eigenvalue weighted by molar-refractivity contribution is 8.08. The predicted molar refractivity (Wildman–Crippen MR) is 60.8 cm³/mol. The van der Waals surface area contributed by atoms with Gasteiger partial charge in [-0.25, -0.2) is 0 Å². The maximum absolute atomic E-state index is 5.82. The monoisotopic (exact) mass is 214 g/mol. The molecule has 2 aliphatic carbocycles. The highest BCUT2D eigenvalue weighted by atomic mass is 32.2. The van der Waals surface area contributed by atoms with Gasteiger partial charge in [-0.2, -0.15) is 0 Å². The molecule has 4 unspecified atom stereocenters. The number of allylic oxidation sites excluding steroid dienone is 1. The van der Waals surface area contributed by atoms with Crippen LogP contribution in [-0.2, 0) is 9.48 Å². The minimum absolute atomic E-state index is 0.415. The molecule has 2 fully saturated rings. The molecule has 2 heterocycles. The minimum Gasteiger partial charge on any atom is -0.363 e. The largest absolute Gasteiger partial charge is 0.363 e. The van der Waals surface area contributed by atoms with Crippen molar-refractivity contribution in [3.63, 3.8) is 0 Å². The third-order valence-electron chi connectivity index (χ3n) is 4.14. The summed E-state index contributed by atoms with van der Waals surface area (Å²) in [6.07, 6.45) is 6.78. The quantitative estimate of drug-likeness (QED) is 0.616. The highest BCUT2D eigenvalue weighted by Gasteiger charge is 2.71. The van der Waals surface area contributed by atoms with Gasteiger partial charge in [-0.1, -0.05) is 30.4 Å². The van der Waals surface area contributed by atoms with Gasteiger partial charge in [0.25, 0.3) is 0 Å². The molecule has 4 atom stereocenters. The summed E-state index contributed by atoms with van der Waals surface area (Å²) in [4.78, 5) is 0. The Morgan fingerprint density at radius 1 is 1.40 bits per heavy atom. The van der Waals surface area contributed by atoms with Crippen LogP contribution in [0.1, 0.15) is 29.2 Å². The smallest absolute Gasteiger partial charge is 0.111 e. The number of ether oxygens (including phenoxy) is 1. The Morgan fingerprint density at radius 3 is 3.40 bits per heavy atom. The van der Waals surface area contributed by atoms with Gasteiger partial charge in [0.2, 0.25) is 0 Å². The summed E-state index contributed by atoms with van der Waals surface area (Å²) in [5.41, 5.74) is 4.51. The molecule has 1 aromatic rings. The second kappa shape index (κ2) is 2.04. The number of hydrogen-bond acceptors (Lipinski definition) is 2. The lowest BCUT2D eigenvalue weighted by Crippen LogP contribution is -2.24. The Hall–Kier alpha value is -0.730. The molecule has 74 valence electrons. The van der Waals surface area contributed by atoms with Crippen molar-refractivity contribution < 1.29 is 4.74 Å². The zero-order valence-electron chi connectivity index (χ0n) is 8.14. The lowest BCUT2D eigenvalue weighted by atomic mass is 9.76. The SMILES string of the molecule is C1=Cc2cccc3c2C2(C1)SC2C1OC31. The first-order valence-corrected chi connectivity index (χ1v) is 6.41. The van der Waals surface area contributed by atoms with Crippen molar-refractivity contribution in [3.8, 4) is 0 Å². The minimum atomic E-state index is 0.415. The van der Waals surface area contributed by atoms with E-state index in [0.29, 0.717) is 17.0 Å². The number of epoxide rings is 1. The molecule has 0 saturated carbocycles. The van der Waals surface area contributed by atoms with Crippen LogP contribution in [0.3, 0.4) is 0 Å². The van der Waals surface area contributed by atoms with E-state index in [2.05, 4.69) is 42.1 Å². The van der Waals surface area contributed by atoms with E-state index in [1.807, 2.05) is 0 Å². The van der Waals surface area contributed by atoms with Gasteiger partial charge >= 0.3 is 0 Å². The summed E-state index contributed by atoms with van der Waals surface area (Å²) in [5, 5.41) is 0.751. The third-order valence-corrected chi connectivity index (χ3v) is 5.86. The summed E-state index contributed by atoms with van der Waals surface area (Å²) in [7, 11) is 0. The molecule has 0 amide bonds.